The standard InChI is InChI=1S/C37H47N3O8S2/c1-37(13-14-37)21-40(50(43,44)27-10-12-30-32(17-27)49-36(39-30)38-25-6-7-25)18-31(41)24(15-22-3-8-26(45-2)9-4-22)16-33(42)48-34-23-5-11-28-29(34)20-47-35(28)46-19-23/h3-4,8-10,12,17,23-25,28-29,31,34-35,41H,5-7,11,13-16,18-21H2,1-2H3,(H,38,39)/t23?,24-,28?,29?,31-,34?,35?/m1/s1. The SMILES string of the molecule is COc1ccc(C[C@H](CC(=O)OC2C3CCC4C(OC3)OCC42)[C@H](O)CN(CC2(C)CC2)S(=O)(=O)c2ccc3nc(NC4CC4)sc3c2)cc1. The molecule has 9 rings (SSSR count). The number of anilines is 1. The van der Waals surface area contributed by atoms with Gasteiger partial charge in [-0.3, -0.25) is 4.79 Å². The number of hydrogen-bond donors (Lipinski definition) is 2. The van der Waals surface area contributed by atoms with Gasteiger partial charge in [-0.1, -0.05) is 30.4 Å². The van der Waals surface area contributed by atoms with Gasteiger partial charge in [-0.05, 0) is 86.3 Å². The number of ether oxygens (including phenoxy) is 4. The minimum atomic E-state index is -3.99. The molecule has 3 aromatic rings. The number of aliphatic hydroxyl groups is 1. The molecule has 0 radical (unpaired) electrons. The van der Waals surface area contributed by atoms with Gasteiger partial charge in [0.15, 0.2) is 11.4 Å². The molecule has 2 N–H and O–H groups in total. The molecule has 2 aromatic carbocycles. The highest BCUT2D eigenvalue weighted by Crippen LogP contribution is 2.48. The van der Waals surface area contributed by atoms with Crippen LogP contribution < -0.4 is 10.1 Å². The molecular weight excluding hydrogens is 679 g/mol. The van der Waals surface area contributed by atoms with Crippen molar-refractivity contribution >= 4 is 42.7 Å². The van der Waals surface area contributed by atoms with Crippen molar-refractivity contribution in [2.24, 2.45) is 29.1 Å². The number of aliphatic hydroxyl groups excluding tert-OH is 1. The topological polar surface area (TPSA) is 137 Å². The van der Waals surface area contributed by atoms with E-state index in [0.717, 1.165) is 59.4 Å². The lowest BCUT2D eigenvalue weighted by atomic mass is 9.74. The zero-order valence-corrected chi connectivity index (χ0v) is 30.3. The van der Waals surface area contributed by atoms with Crippen LogP contribution in [0.2, 0.25) is 0 Å². The predicted molar refractivity (Wildman–Crippen MR) is 188 cm³/mol. The first kappa shape index (κ1) is 34.3. The van der Waals surface area contributed by atoms with Crippen LogP contribution in [0.25, 0.3) is 10.2 Å². The number of rotatable bonds is 15. The average Bonchev–Trinajstić information content (AvgIpc) is 4.00. The maximum Gasteiger partial charge on any atom is 0.306 e. The Hall–Kier alpha value is -2.81. The molecule has 3 aliphatic heterocycles. The fraction of sp³-hybridized carbons (Fsp3) is 0.622. The van der Waals surface area contributed by atoms with Gasteiger partial charge in [0.2, 0.25) is 10.0 Å². The fourth-order valence-corrected chi connectivity index (χ4v) is 10.6. The summed E-state index contributed by atoms with van der Waals surface area (Å²) in [7, 11) is -2.39. The summed E-state index contributed by atoms with van der Waals surface area (Å²) in [5.74, 6) is 0.170. The molecule has 13 heteroatoms. The summed E-state index contributed by atoms with van der Waals surface area (Å²) < 4.78 is 54.4. The zero-order chi connectivity index (χ0) is 34.6. The highest BCUT2D eigenvalue weighted by molar-refractivity contribution is 7.89. The second kappa shape index (κ2) is 13.6. The number of nitrogens with zero attached hydrogens (tertiary/aromatic N) is 2. The number of methoxy groups -OCH3 is 1. The summed E-state index contributed by atoms with van der Waals surface area (Å²) in [6.45, 7) is 3.25. The van der Waals surface area contributed by atoms with E-state index in [0.29, 0.717) is 31.4 Å². The van der Waals surface area contributed by atoms with Crippen LogP contribution in [0.3, 0.4) is 0 Å². The number of nitrogens with one attached hydrogen (secondary N) is 1. The Labute approximate surface area is 297 Å². The number of hydrogen-bond acceptors (Lipinski definition) is 11. The summed E-state index contributed by atoms with van der Waals surface area (Å²) in [5.41, 5.74) is 1.50. The lowest BCUT2D eigenvalue weighted by Crippen LogP contribution is -2.44. The number of esters is 1. The van der Waals surface area contributed by atoms with Gasteiger partial charge < -0.3 is 29.4 Å². The predicted octanol–water partition coefficient (Wildman–Crippen LogP) is 5.22. The summed E-state index contributed by atoms with van der Waals surface area (Å²) >= 11 is 1.46. The quantitative estimate of drug-likeness (QED) is 0.201. The Balaban J connectivity index is 1.03. The lowest BCUT2D eigenvalue weighted by molar-refractivity contribution is -0.165. The number of thiazole rings is 1. The third kappa shape index (κ3) is 7.27. The van der Waals surface area contributed by atoms with E-state index in [2.05, 4.69) is 17.2 Å². The van der Waals surface area contributed by atoms with Crippen LogP contribution in [-0.2, 0) is 35.4 Å². The molecule has 6 fully saturated rings. The van der Waals surface area contributed by atoms with E-state index in [1.807, 2.05) is 24.3 Å². The molecule has 7 atom stereocenters. The van der Waals surface area contributed by atoms with Crippen LogP contribution >= 0.6 is 11.3 Å². The maximum absolute atomic E-state index is 14.4. The third-order valence-corrected chi connectivity index (χ3v) is 14.2. The monoisotopic (exact) mass is 725 g/mol. The molecular formula is C37H47N3O8S2. The van der Waals surface area contributed by atoms with E-state index < -0.39 is 28.0 Å². The number of benzene rings is 2. The molecule has 1 aromatic heterocycles. The molecule has 6 aliphatic rings. The average molecular weight is 726 g/mol. The minimum Gasteiger partial charge on any atom is -0.497 e. The van der Waals surface area contributed by atoms with Crippen LogP contribution in [0.1, 0.15) is 57.4 Å². The van der Waals surface area contributed by atoms with Crippen LogP contribution in [0.5, 0.6) is 5.75 Å². The molecule has 0 amide bonds. The van der Waals surface area contributed by atoms with Gasteiger partial charge in [0.25, 0.3) is 0 Å². The minimum absolute atomic E-state index is 0.0479. The van der Waals surface area contributed by atoms with Crippen molar-refractivity contribution < 1.29 is 37.3 Å². The number of carbonyl (C=O) groups is 1. The van der Waals surface area contributed by atoms with Crippen LogP contribution in [-0.4, -0.2) is 86.7 Å². The van der Waals surface area contributed by atoms with Crippen molar-refractivity contribution in [3.05, 3.63) is 48.0 Å². The van der Waals surface area contributed by atoms with Gasteiger partial charge in [-0.25, -0.2) is 13.4 Å². The van der Waals surface area contributed by atoms with Crippen LogP contribution in [0.4, 0.5) is 5.13 Å². The second-order valence-corrected chi connectivity index (χ2v) is 18.4. The number of fused-ring (bicyclic) bond motifs is 3. The van der Waals surface area contributed by atoms with Crippen molar-refractivity contribution in [3.63, 3.8) is 0 Å². The van der Waals surface area contributed by atoms with Gasteiger partial charge >= 0.3 is 5.97 Å². The van der Waals surface area contributed by atoms with Gasteiger partial charge in [0.05, 0.1) is 48.0 Å². The summed E-state index contributed by atoms with van der Waals surface area (Å²) in [4.78, 5) is 18.6. The Morgan fingerprint density at radius 1 is 1.10 bits per heavy atom. The third-order valence-electron chi connectivity index (χ3n) is 11.4. The van der Waals surface area contributed by atoms with Crippen molar-refractivity contribution in [2.75, 3.05) is 38.7 Å². The van der Waals surface area contributed by atoms with Crippen molar-refractivity contribution in [2.45, 2.75) is 87.7 Å². The molecule has 0 spiro atoms. The van der Waals surface area contributed by atoms with Gasteiger partial charge in [0.1, 0.15) is 11.9 Å². The van der Waals surface area contributed by atoms with Gasteiger partial charge in [0, 0.05) is 42.8 Å². The summed E-state index contributed by atoms with van der Waals surface area (Å²) in [6.07, 6.45) is 4.68. The Bertz CT molecular complexity index is 1810. The molecule has 3 saturated carbocycles. The number of aromatic nitrogens is 1. The molecule has 5 unspecified atom stereocenters. The Kier molecular flexibility index (Phi) is 9.35. The van der Waals surface area contributed by atoms with E-state index >= 15 is 0 Å². The summed E-state index contributed by atoms with van der Waals surface area (Å²) in [6, 6.07) is 13.0. The first-order chi connectivity index (χ1) is 24.1. The van der Waals surface area contributed by atoms with Gasteiger partial charge in [-0.15, -0.1) is 0 Å². The van der Waals surface area contributed by atoms with Crippen molar-refractivity contribution in [1.29, 1.82) is 0 Å². The highest BCUT2D eigenvalue weighted by atomic mass is 32.2. The fourth-order valence-electron chi connectivity index (χ4n) is 7.92. The zero-order valence-electron chi connectivity index (χ0n) is 28.7. The smallest absolute Gasteiger partial charge is 0.306 e. The van der Waals surface area contributed by atoms with Gasteiger partial charge in [-0.2, -0.15) is 4.31 Å². The molecule has 3 aliphatic carbocycles. The van der Waals surface area contributed by atoms with E-state index in [-0.39, 0.29) is 60.0 Å². The lowest BCUT2D eigenvalue weighted by Gasteiger charge is -2.36. The number of carbonyl (C=O) groups excluding carboxylic acids is 1. The first-order valence-electron chi connectivity index (χ1n) is 18.0. The molecule has 4 bridgehead atoms. The van der Waals surface area contributed by atoms with Crippen LogP contribution in [0, 0.1) is 29.1 Å². The molecule has 3 saturated heterocycles. The van der Waals surface area contributed by atoms with Crippen molar-refractivity contribution in [1.82, 2.24) is 9.29 Å². The van der Waals surface area contributed by atoms with E-state index in [4.69, 9.17) is 18.9 Å². The second-order valence-electron chi connectivity index (χ2n) is 15.4. The highest BCUT2D eigenvalue weighted by Gasteiger charge is 2.53. The molecule has 11 nitrogen and oxygen atoms in total. The molecule has 270 valence electrons. The molecule has 4 heterocycles. The maximum atomic E-state index is 14.4. The van der Waals surface area contributed by atoms with E-state index in [9.17, 15) is 18.3 Å². The van der Waals surface area contributed by atoms with E-state index in [1.165, 1.54) is 15.6 Å². The Morgan fingerprint density at radius 2 is 1.88 bits per heavy atom. The van der Waals surface area contributed by atoms with Crippen LogP contribution in [0.15, 0.2) is 47.4 Å². The first-order valence-corrected chi connectivity index (χ1v) is 20.2. The van der Waals surface area contributed by atoms with E-state index in [1.54, 1.807) is 25.3 Å². The Morgan fingerprint density at radius 3 is 2.62 bits per heavy atom. The normalized spacial score (nSPS) is 28.0. The summed E-state index contributed by atoms with van der Waals surface area (Å²) in [5, 5.41) is 16.2. The number of sulfonamides is 1. The largest absolute Gasteiger partial charge is 0.497 e. The van der Waals surface area contributed by atoms with Crippen molar-refractivity contribution in [3.8, 4) is 5.75 Å². The molecule has 50 heavy (non-hydrogen) atoms.